The first-order chi connectivity index (χ1) is 24.4. The van der Waals surface area contributed by atoms with Crippen molar-refractivity contribution in [1.29, 1.82) is 0 Å². The number of hydrogen-bond donors (Lipinski definition) is 0. The van der Waals surface area contributed by atoms with E-state index < -0.39 is 0 Å². The Morgan fingerprint density at radius 3 is 1.84 bits per heavy atom. The van der Waals surface area contributed by atoms with Crippen molar-refractivity contribution >= 4 is 49.9 Å². The molecule has 258 valence electrons. The van der Waals surface area contributed by atoms with Gasteiger partial charge in [0.1, 0.15) is 0 Å². The molecule has 0 bridgehead atoms. The topological polar surface area (TPSA) is 30.9 Å². The molecule has 8 rings (SSSR count). The fourth-order valence-electron chi connectivity index (χ4n) is 7.51. The quantitative estimate of drug-likeness (QED) is 0.173. The standard InChI is InChI=1S/C45H43N5.Pt/c1-44(2,3)36-19-15-20-37(45(4,5)6)43(36)49(32-17-14-16-31(28-32)48-30-47(7)39-22-10-11-23-40(39)48)33-25-26-35-34-18-8-9-21-38(34)50(41(35)29-33)42-24-12-13-27-46-42;/h8-29H,1-7H3;. The Hall–Kier alpha value is -4.99. The Morgan fingerprint density at radius 2 is 1.16 bits per heavy atom. The van der Waals surface area contributed by atoms with E-state index in [1.165, 1.54) is 38.6 Å². The first kappa shape index (κ1) is 33.2. The summed E-state index contributed by atoms with van der Waals surface area (Å²) in [6, 6.07) is 46.2. The Labute approximate surface area is 310 Å². The molecule has 0 fully saturated rings. The summed E-state index contributed by atoms with van der Waals surface area (Å²) < 4.78 is 8.07. The van der Waals surface area contributed by atoms with Crippen LogP contribution in [0.5, 0.6) is 0 Å². The third kappa shape index (κ3) is 5.59. The molecule has 0 amide bonds. The molecule has 51 heavy (non-hydrogen) atoms. The number of anilines is 3. The molecule has 0 N–H and O–H groups in total. The van der Waals surface area contributed by atoms with Gasteiger partial charge in [0.25, 0.3) is 0 Å². The summed E-state index contributed by atoms with van der Waals surface area (Å²) in [6.07, 6.45) is 1.87. The van der Waals surface area contributed by atoms with Gasteiger partial charge in [-0.3, -0.25) is 0 Å². The molecule has 0 aliphatic carbocycles. The van der Waals surface area contributed by atoms with Crippen LogP contribution in [0.2, 0.25) is 0 Å². The van der Waals surface area contributed by atoms with E-state index in [4.69, 9.17) is 4.98 Å². The molecule has 0 unspecified atom stereocenters. The van der Waals surface area contributed by atoms with Gasteiger partial charge in [-0.2, -0.15) is 0 Å². The predicted octanol–water partition coefficient (Wildman–Crippen LogP) is 11.6. The maximum absolute atomic E-state index is 4.83. The molecule has 3 aromatic heterocycles. The van der Waals surface area contributed by atoms with Gasteiger partial charge in [-0.05, 0) is 6.07 Å². The van der Waals surface area contributed by atoms with E-state index in [-0.39, 0.29) is 10.8 Å². The van der Waals surface area contributed by atoms with Crippen molar-refractivity contribution in [2.75, 3.05) is 4.90 Å². The number of para-hydroxylation sites is 4. The van der Waals surface area contributed by atoms with E-state index in [0.717, 1.165) is 37.7 Å². The molecule has 0 saturated heterocycles. The number of aromatic nitrogens is 4. The fraction of sp³-hybridized carbons (Fsp3) is 0.200. The second-order valence-corrected chi connectivity index (χ2v) is 16.4. The second kappa shape index (κ2) is 12.4. The average Bonchev–Trinajstić information content (AvgIpc) is 3.58. The summed E-state index contributed by atoms with van der Waals surface area (Å²) in [4.78, 5) is 7.33. The van der Waals surface area contributed by atoms with E-state index in [9.17, 15) is 0 Å². The number of rotatable bonds is 5. The van der Waals surface area contributed by atoms with Crippen molar-refractivity contribution in [1.82, 2.24) is 18.7 Å². The van der Waals surface area contributed by atoms with Crippen LogP contribution in [0.4, 0.5) is 17.1 Å². The summed E-state index contributed by atoms with van der Waals surface area (Å²) in [6.45, 7) is 13.9. The molecular weight excluding hydrogens is 806 g/mol. The first-order valence-corrected chi connectivity index (χ1v) is 18.7. The molecule has 8 aromatic rings. The average molecular weight is 849 g/mol. The minimum atomic E-state index is -0.112. The zero-order valence-corrected chi connectivity index (χ0v) is 32.5. The SMILES string of the molecule is Cn1[c](=[Pt])n(-c2cccc(N(c3ccc4c5ccccc5n(-c5ccccn5)c4c3)c3c(C(C)(C)C)cccc3C(C)(C)C)c2)c2ccccc21. The van der Waals surface area contributed by atoms with Crippen LogP contribution in [-0.4, -0.2) is 18.7 Å². The van der Waals surface area contributed by atoms with Gasteiger partial charge in [-0.1, -0.05) is 18.2 Å². The van der Waals surface area contributed by atoms with Crippen molar-refractivity contribution in [3.63, 3.8) is 0 Å². The summed E-state index contributed by atoms with van der Waals surface area (Å²) in [5, 5.41) is 2.42. The molecule has 3 heterocycles. The fourth-order valence-corrected chi connectivity index (χ4v) is 8.35. The van der Waals surface area contributed by atoms with Crippen LogP contribution in [0.1, 0.15) is 52.7 Å². The van der Waals surface area contributed by atoms with Crippen molar-refractivity contribution in [2.45, 2.75) is 52.4 Å². The molecule has 5 nitrogen and oxygen atoms in total. The van der Waals surface area contributed by atoms with Gasteiger partial charge in [-0.15, -0.1) is 0 Å². The third-order valence-corrected chi connectivity index (χ3v) is 11.2. The number of nitrogens with zero attached hydrogens (tertiary/aromatic N) is 5. The summed E-state index contributed by atoms with van der Waals surface area (Å²) in [7, 11) is 2.14. The maximum atomic E-state index is 4.83. The van der Waals surface area contributed by atoms with Gasteiger partial charge in [0.05, 0.1) is 0 Å². The van der Waals surface area contributed by atoms with Gasteiger partial charge in [0.2, 0.25) is 0 Å². The number of imidazole rings is 1. The minimum absolute atomic E-state index is 0.112. The molecule has 0 saturated carbocycles. The number of fused-ring (bicyclic) bond motifs is 4. The normalized spacial score (nSPS) is 12.3. The number of aryl methyl sites for hydroxylation is 1. The van der Waals surface area contributed by atoms with Crippen molar-refractivity contribution in [2.24, 2.45) is 7.05 Å². The Balaban J connectivity index is 1.47. The van der Waals surface area contributed by atoms with Crippen molar-refractivity contribution < 1.29 is 19.4 Å². The van der Waals surface area contributed by atoms with Crippen LogP contribution >= 0.6 is 0 Å². The number of hydrogen-bond acceptors (Lipinski definition) is 2. The van der Waals surface area contributed by atoms with E-state index in [1.807, 2.05) is 12.3 Å². The molecule has 5 aromatic carbocycles. The monoisotopic (exact) mass is 848 g/mol. The summed E-state index contributed by atoms with van der Waals surface area (Å²) in [5.74, 6) is 0.905. The van der Waals surface area contributed by atoms with E-state index >= 15 is 0 Å². The van der Waals surface area contributed by atoms with Gasteiger partial charge in [0.15, 0.2) is 0 Å². The molecule has 0 spiro atoms. The van der Waals surface area contributed by atoms with Crippen LogP contribution in [-0.2, 0) is 37.2 Å². The van der Waals surface area contributed by atoms with Crippen LogP contribution in [0.25, 0.3) is 44.3 Å². The van der Waals surface area contributed by atoms with Crippen LogP contribution in [0, 0.1) is 3.80 Å². The van der Waals surface area contributed by atoms with E-state index in [2.05, 4.69) is 208 Å². The van der Waals surface area contributed by atoms with Crippen molar-refractivity contribution in [3.8, 4) is 11.5 Å². The Bertz CT molecular complexity index is 2610. The van der Waals surface area contributed by atoms with Gasteiger partial charge < -0.3 is 0 Å². The summed E-state index contributed by atoms with van der Waals surface area (Å²) >= 11 is 2.45. The van der Waals surface area contributed by atoms with Crippen LogP contribution in [0.15, 0.2) is 134 Å². The Morgan fingerprint density at radius 1 is 0.549 bits per heavy atom. The van der Waals surface area contributed by atoms with Gasteiger partial charge >= 0.3 is 282 Å². The molecule has 6 heteroatoms. The van der Waals surface area contributed by atoms with E-state index in [0.29, 0.717) is 0 Å². The predicted molar refractivity (Wildman–Crippen MR) is 210 cm³/mol. The molecular formula is C45H43N5Pt. The third-order valence-electron chi connectivity index (χ3n) is 9.93. The summed E-state index contributed by atoms with van der Waals surface area (Å²) in [5.41, 5.74) is 11.6. The number of pyridine rings is 1. The first-order valence-electron chi connectivity index (χ1n) is 17.5. The second-order valence-electron chi connectivity index (χ2n) is 15.4. The molecule has 0 aliphatic heterocycles. The molecule has 0 aliphatic rings. The Kier molecular flexibility index (Phi) is 8.03. The zero-order chi connectivity index (χ0) is 35.7. The van der Waals surface area contributed by atoms with E-state index in [1.54, 1.807) is 0 Å². The zero-order valence-electron chi connectivity index (χ0n) is 30.3. The molecule has 0 radical (unpaired) electrons. The van der Waals surface area contributed by atoms with Crippen LogP contribution in [0.3, 0.4) is 0 Å². The van der Waals surface area contributed by atoms with Crippen LogP contribution < -0.4 is 4.90 Å². The number of benzene rings is 5. The molecule has 0 atom stereocenters. The van der Waals surface area contributed by atoms with Gasteiger partial charge in [-0.25, -0.2) is 0 Å². The van der Waals surface area contributed by atoms with Crippen molar-refractivity contribution in [3.05, 3.63) is 149 Å². The van der Waals surface area contributed by atoms with Gasteiger partial charge in [0, 0.05) is 6.20 Å².